The van der Waals surface area contributed by atoms with E-state index in [0.717, 1.165) is 0 Å². The number of hydrogen-bond acceptors (Lipinski definition) is 2. The van der Waals surface area contributed by atoms with Crippen molar-refractivity contribution < 1.29 is 9.53 Å². The predicted octanol–water partition coefficient (Wildman–Crippen LogP) is 3.44. The van der Waals surface area contributed by atoms with Gasteiger partial charge >= 0.3 is 5.97 Å². The maximum Gasteiger partial charge on any atom is 0.305 e. The Morgan fingerprint density at radius 2 is 1.94 bits per heavy atom. The van der Waals surface area contributed by atoms with Crippen molar-refractivity contribution in [2.24, 2.45) is 0 Å². The third-order valence-electron chi connectivity index (χ3n) is 2.99. The third-order valence-corrected chi connectivity index (χ3v) is 2.99. The number of carbonyl (C=O) groups is 1. The molecule has 0 spiro atoms. The molecule has 0 aliphatic heterocycles. The van der Waals surface area contributed by atoms with Gasteiger partial charge in [0.1, 0.15) is 6.10 Å². The largest absolute Gasteiger partial charge is 0.462 e. The average molecular weight is 220 g/mol. The summed E-state index contributed by atoms with van der Waals surface area (Å²) in [7, 11) is 0. The molecule has 0 N–H and O–H groups in total. The topological polar surface area (TPSA) is 26.3 Å². The lowest BCUT2D eigenvalue weighted by Crippen LogP contribution is -2.20. The number of hydrogen-bond donors (Lipinski definition) is 0. The normalized spacial score (nSPS) is 14.2. The molecule has 1 rings (SSSR count). The molecule has 2 heteroatoms. The molecule has 0 saturated heterocycles. The molecule has 16 heavy (non-hydrogen) atoms. The highest BCUT2D eigenvalue weighted by atomic mass is 16.5. The summed E-state index contributed by atoms with van der Waals surface area (Å²) in [4.78, 5) is 11.2. The number of benzene rings is 1. The van der Waals surface area contributed by atoms with E-state index in [1.54, 1.807) is 0 Å². The highest BCUT2D eigenvalue weighted by molar-refractivity contribution is 5.69. The standard InChI is InChI=1S/C14H20O2/c1-5-14(15)16-12(4)11(3)13-9-7-6-8-10(13)2/h6-9,11-12H,5H2,1-4H3. The first-order valence-electron chi connectivity index (χ1n) is 5.81. The summed E-state index contributed by atoms with van der Waals surface area (Å²) in [5.74, 6) is 0.102. The van der Waals surface area contributed by atoms with Gasteiger partial charge in [-0.05, 0) is 25.0 Å². The molecule has 0 aliphatic carbocycles. The van der Waals surface area contributed by atoms with Crippen LogP contribution in [-0.4, -0.2) is 12.1 Å². The number of esters is 1. The van der Waals surface area contributed by atoms with Crippen LogP contribution in [0.25, 0.3) is 0 Å². The van der Waals surface area contributed by atoms with Gasteiger partial charge in [-0.2, -0.15) is 0 Å². The zero-order valence-corrected chi connectivity index (χ0v) is 10.5. The van der Waals surface area contributed by atoms with Crippen LogP contribution in [0.3, 0.4) is 0 Å². The maximum atomic E-state index is 11.2. The minimum atomic E-state index is -0.132. The van der Waals surface area contributed by atoms with Crippen LogP contribution in [0.15, 0.2) is 24.3 Å². The van der Waals surface area contributed by atoms with E-state index in [-0.39, 0.29) is 18.0 Å². The van der Waals surface area contributed by atoms with Gasteiger partial charge in [0, 0.05) is 12.3 Å². The molecule has 0 fully saturated rings. The maximum absolute atomic E-state index is 11.2. The van der Waals surface area contributed by atoms with Crippen molar-refractivity contribution in [3.63, 3.8) is 0 Å². The zero-order chi connectivity index (χ0) is 12.1. The molecule has 0 bridgehead atoms. The summed E-state index contributed by atoms with van der Waals surface area (Å²) in [6.45, 7) is 7.94. The Morgan fingerprint density at radius 1 is 1.31 bits per heavy atom. The minimum absolute atomic E-state index is 0.0754. The molecular formula is C14H20O2. The van der Waals surface area contributed by atoms with Crippen LogP contribution in [0.5, 0.6) is 0 Å². The van der Waals surface area contributed by atoms with Crippen LogP contribution in [0, 0.1) is 6.92 Å². The summed E-state index contributed by atoms with van der Waals surface area (Å²) in [5, 5.41) is 0. The fourth-order valence-electron chi connectivity index (χ4n) is 1.74. The Morgan fingerprint density at radius 3 is 2.50 bits per heavy atom. The number of ether oxygens (including phenoxy) is 1. The fourth-order valence-corrected chi connectivity index (χ4v) is 1.74. The van der Waals surface area contributed by atoms with Crippen LogP contribution in [0.1, 0.15) is 44.2 Å². The Balaban J connectivity index is 2.74. The summed E-state index contributed by atoms with van der Waals surface area (Å²) in [6.07, 6.45) is 0.360. The van der Waals surface area contributed by atoms with Crippen molar-refractivity contribution in [1.82, 2.24) is 0 Å². The molecular weight excluding hydrogens is 200 g/mol. The molecule has 2 atom stereocenters. The second-order valence-electron chi connectivity index (χ2n) is 4.19. The average Bonchev–Trinajstić information content (AvgIpc) is 2.28. The summed E-state index contributed by atoms with van der Waals surface area (Å²) in [5.41, 5.74) is 2.49. The van der Waals surface area contributed by atoms with Gasteiger partial charge in [-0.15, -0.1) is 0 Å². The summed E-state index contributed by atoms with van der Waals surface area (Å²) < 4.78 is 5.33. The number of carbonyl (C=O) groups excluding carboxylic acids is 1. The van der Waals surface area contributed by atoms with Crippen LogP contribution < -0.4 is 0 Å². The van der Waals surface area contributed by atoms with E-state index in [1.807, 2.05) is 26.0 Å². The molecule has 0 saturated carbocycles. The lowest BCUT2D eigenvalue weighted by Gasteiger charge is -2.22. The van der Waals surface area contributed by atoms with Crippen molar-refractivity contribution in [1.29, 1.82) is 0 Å². The molecule has 1 aromatic carbocycles. The first kappa shape index (κ1) is 12.8. The second-order valence-corrected chi connectivity index (χ2v) is 4.19. The van der Waals surface area contributed by atoms with Crippen molar-refractivity contribution in [3.8, 4) is 0 Å². The van der Waals surface area contributed by atoms with Crippen LogP contribution in [0.4, 0.5) is 0 Å². The van der Waals surface area contributed by atoms with Crippen molar-refractivity contribution in [2.45, 2.75) is 46.1 Å². The van der Waals surface area contributed by atoms with E-state index in [2.05, 4.69) is 26.0 Å². The molecule has 1 aromatic rings. The Bertz CT molecular complexity index is 358. The van der Waals surface area contributed by atoms with Gasteiger partial charge in [-0.1, -0.05) is 38.1 Å². The second kappa shape index (κ2) is 5.69. The molecule has 0 heterocycles. The number of aryl methyl sites for hydroxylation is 1. The molecule has 0 radical (unpaired) electrons. The van der Waals surface area contributed by atoms with Crippen LogP contribution in [-0.2, 0) is 9.53 Å². The van der Waals surface area contributed by atoms with E-state index in [4.69, 9.17) is 4.74 Å². The lowest BCUT2D eigenvalue weighted by atomic mass is 9.92. The Hall–Kier alpha value is -1.31. The zero-order valence-electron chi connectivity index (χ0n) is 10.5. The quantitative estimate of drug-likeness (QED) is 0.726. The third kappa shape index (κ3) is 3.09. The minimum Gasteiger partial charge on any atom is -0.462 e. The molecule has 0 amide bonds. The molecule has 0 aromatic heterocycles. The first-order valence-corrected chi connectivity index (χ1v) is 5.81. The van der Waals surface area contributed by atoms with Gasteiger partial charge in [0.15, 0.2) is 0 Å². The lowest BCUT2D eigenvalue weighted by molar-refractivity contribution is -0.148. The van der Waals surface area contributed by atoms with E-state index < -0.39 is 0 Å². The van der Waals surface area contributed by atoms with Crippen LogP contribution >= 0.6 is 0 Å². The summed E-state index contributed by atoms with van der Waals surface area (Å²) in [6, 6.07) is 8.22. The van der Waals surface area contributed by atoms with Gasteiger partial charge in [-0.25, -0.2) is 0 Å². The van der Waals surface area contributed by atoms with Crippen LogP contribution in [0.2, 0.25) is 0 Å². The summed E-state index contributed by atoms with van der Waals surface area (Å²) >= 11 is 0. The first-order chi connectivity index (χ1) is 7.56. The van der Waals surface area contributed by atoms with Gasteiger partial charge in [0.2, 0.25) is 0 Å². The molecule has 0 aliphatic rings. The number of rotatable bonds is 4. The van der Waals surface area contributed by atoms with E-state index in [1.165, 1.54) is 11.1 Å². The monoisotopic (exact) mass is 220 g/mol. The van der Waals surface area contributed by atoms with Crippen molar-refractivity contribution in [3.05, 3.63) is 35.4 Å². The highest BCUT2D eigenvalue weighted by Crippen LogP contribution is 2.24. The molecule has 88 valence electrons. The van der Waals surface area contributed by atoms with Crippen molar-refractivity contribution >= 4 is 5.97 Å². The molecule has 2 nitrogen and oxygen atoms in total. The van der Waals surface area contributed by atoms with Crippen molar-refractivity contribution in [2.75, 3.05) is 0 Å². The SMILES string of the molecule is CCC(=O)OC(C)C(C)c1ccccc1C. The molecule has 2 unspecified atom stereocenters. The van der Waals surface area contributed by atoms with E-state index in [9.17, 15) is 4.79 Å². The van der Waals surface area contributed by atoms with Gasteiger partial charge in [0.05, 0.1) is 0 Å². The van der Waals surface area contributed by atoms with E-state index in [0.29, 0.717) is 6.42 Å². The van der Waals surface area contributed by atoms with Gasteiger partial charge in [-0.3, -0.25) is 4.79 Å². The Labute approximate surface area is 97.6 Å². The van der Waals surface area contributed by atoms with E-state index >= 15 is 0 Å². The van der Waals surface area contributed by atoms with Gasteiger partial charge < -0.3 is 4.74 Å². The fraction of sp³-hybridized carbons (Fsp3) is 0.500. The highest BCUT2D eigenvalue weighted by Gasteiger charge is 2.18. The predicted molar refractivity (Wildman–Crippen MR) is 65.4 cm³/mol. The smallest absolute Gasteiger partial charge is 0.305 e. The Kier molecular flexibility index (Phi) is 4.53. The van der Waals surface area contributed by atoms with Gasteiger partial charge in [0.25, 0.3) is 0 Å².